The molecule has 0 aliphatic carbocycles. The lowest BCUT2D eigenvalue weighted by molar-refractivity contribution is 0.0600. The number of carbonyl (C=O) groups excluding carboxylic acids is 1. The van der Waals surface area contributed by atoms with Gasteiger partial charge in [0, 0.05) is 43.3 Å². The highest BCUT2D eigenvalue weighted by Crippen LogP contribution is 2.21. The number of H-pyrrole nitrogens is 1. The molecule has 0 amide bonds. The van der Waals surface area contributed by atoms with Crippen molar-refractivity contribution in [2.45, 2.75) is 19.4 Å². The molecule has 4 heterocycles. The highest BCUT2D eigenvalue weighted by molar-refractivity contribution is 5.95. The van der Waals surface area contributed by atoms with E-state index in [1.165, 1.54) is 7.11 Å². The second-order valence-electron chi connectivity index (χ2n) is 6.07. The van der Waals surface area contributed by atoms with Crippen LogP contribution in [0.2, 0.25) is 0 Å². The van der Waals surface area contributed by atoms with E-state index in [4.69, 9.17) is 9.26 Å². The van der Waals surface area contributed by atoms with Gasteiger partial charge in [0.1, 0.15) is 11.3 Å². The quantitative estimate of drug-likeness (QED) is 0.499. The summed E-state index contributed by atoms with van der Waals surface area (Å²) < 4.78 is 11.8. The van der Waals surface area contributed by atoms with Crippen LogP contribution in [0.4, 0.5) is 0 Å². The Hall–Kier alpha value is -3.82. The predicted octanol–water partition coefficient (Wildman–Crippen LogP) is 1.54. The van der Waals surface area contributed by atoms with Gasteiger partial charge in [-0.15, -0.1) is 0 Å². The van der Waals surface area contributed by atoms with E-state index in [1.54, 1.807) is 35.4 Å². The molecule has 0 bridgehead atoms. The van der Waals surface area contributed by atoms with Crippen molar-refractivity contribution in [3.8, 4) is 22.6 Å². The van der Waals surface area contributed by atoms with Gasteiger partial charge in [-0.1, -0.05) is 5.16 Å². The van der Waals surface area contributed by atoms with Gasteiger partial charge in [-0.05, 0) is 18.6 Å². The first-order valence-electron chi connectivity index (χ1n) is 8.55. The average Bonchev–Trinajstić information content (AvgIpc) is 3.35. The van der Waals surface area contributed by atoms with Crippen molar-refractivity contribution in [3.63, 3.8) is 0 Å². The Morgan fingerprint density at radius 1 is 1.36 bits per heavy atom. The van der Waals surface area contributed by atoms with Crippen LogP contribution in [-0.2, 0) is 17.7 Å². The topological polar surface area (TPSA) is 129 Å². The number of hydrogen-bond donors (Lipinski definition) is 1. The van der Waals surface area contributed by atoms with Crippen molar-refractivity contribution in [1.29, 1.82) is 0 Å². The van der Waals surface area contributed by atoms with Crippen molar-refractivity contribution < 1.29 is 14.1 Å². The molecule has 2 aliphatic rings. The Kier molecular flexibility index (Phi) is 4.67. The van der Waals surface area contributed by atoms with Crippen LogP contribution in [0.15, 0.2) is 46.2 Å². The average molecular weight is 380 g/mol. The minimum absolute atomic E-state index is 0.231. The van der Waals surface area contributed by atoms with Crippen LogP contribution in [0.25, 0.3) is 22.6 Å². The smallest absolute Gasteiger partial charge is 0.341 e. The number of fused-ring (bicyclic) bond motifs is 1. The molecular weight excluding hydrogens is 364 g/mol. The van der Waals surface area contributed by atoms with Crippen molar-refractivity contribution in [3.05, 3.63) is 58.7 Å². The Morgan fingerprint density at radius 3 is 3.04 bits per heavy atom. The lowest BCUT2D eigenvalue weighted by atomic mass is 10.1. The first kappa shape index (κ1) is 17.6. The molecule has 4 rings (SSSR count). The lowest BCUT2D eigenvalue weighted by Crippen LogP contribution is -2.12. The van der Waals surface area contributed by atoms with Gasteiger partial charge in [-0.25, -0.2) is 9.89 Å². The summed E-state index contributed by atoms with van der Waals surface area (Å²) in [6.07, 6.45) is 7.82. The lowest BCUT2D eigenvalue weighted by Gasteiger charge is -2.11. The third-order valence-corrected chi connectivity index (χ3v) is 4.21. The zero-order chi connectivity index (χ0) is 19.5. The van der Waals surface area contributed by atoms with Crippen LogP contribution in [0.3, 0.4) is 0 Å². The van der Waals surface area contributed by atoms with Crippen LogP contribution >= 0.6 is 0 Å². The molecule has 0 unspecified atom stereocenters. The van der Waals surface area contributed by atoms with Gasteiger partial charge in [-0.2, -0.15) is 10.1 Å². The molecule has 2 aromatic heterocycles. The Labute approximate surface area is 158 Å². The summed E-state index contributed by atoms with van der Waals surface area (Å²) in [4.78, 5) is 32.3. The molecule has 0 spiro atoms. The molecule has 2 aromatic rings. The van der Waals surface area contributed by atoms with Gasteiger partial charge in [-0.3, -0.25) is 9.78 Å². The number of aromatic amines is 1. The Balaban J connectivity index is 1.48. The third-order valence-electron chi connectivity index (χ3n) is 4.21. The number of aromatic nitrogens is 6. The molecule has 0 aromatic carbocycles. The largest absolute Gasteiger partial charge is 0.465 e. The number of aryl methyl sites for hydroxylation is 2. The van der Waals surface area contributed by atoms with Crippen molar-refractivity contribution in [2.24, 2.45) is 0 Å². The molecular formula is C18H16N6O4. The van der Waals surface area contributed by atoms with Crippen LogP contribution in [-0.4, -0.2) is 43.0 Å². The molecule has 0 fully saturated rings. The van der Waals surface area contributed by atoms with Gasteiger partial charge in [0.05, 0.1) is 12.7 Å². The van der Waals surface area contributed by atoms with E-state index in [2.05, 4.69) is 25.3 Å². The van der Waals surface area contributed by atoms with Gasteiger partial charge in [0.2, 0.25) is 11.7 Å². The molecule has 142 valence electrons. The fourth-order valence-electron chi connectivity index (χ4n) is 2.86. The minimum atomic E-state index is -0.552. The maximum Gasteiger partial charge on any atom is 0.341 e. The third kappa shape index (κ3) is 3.39. The molecule has 10 nitrogen and oxygen atoms in total. The number of carbonyl (C=O) groups is 1. The Morgan fingerprint density at radius 2 is 2.25 bits per heavy atom. The van der Waals surface area contributed by atoms with E-state index in [0.717, 1.165) is 5.56 Å². The van der Waals surface area contributed by atoms with E-state index in [1.807, 2.05) is 6.07 Å². The first-order valence-corrected chi connectivity index (χ1v) is 8.55. The maximum absolute atomic E-state index is 12.0. The van der Waals surface area contributed by atoms with Crippen LogP contribution in [0, 0.1) is 0 Å². The zero-order valence-corrected chi connectivity index (χ0v) is 15.0. The second kappa shape index (κ2) is 7.43. The van der Waals surface area contributed by atoms with Gasteiger partial charge >= 0.3 is 5.97 Å². The number of pyridine rings is 2. The van der Waals surface area contributed by atoms with E-state index in [9.17, 15) is 9.59 Å². The molecule has 10 heteroatoms. The van der Waals surface area contributed by atoms with E-state index < -0.39 is 5.97 Å². The summed E-state index contributed by atoms with van der Waals surface area (Å²) in [6, 6.07) is 3.66. The standard InChI is InChI=1S/C18H16N6O4/c1-27-18(26)13-10-24(9-12-15(13)21-22-17(12)25)7-3-5-14-20-16(23-28-14)11-4-2-6-19-8-11/h2,4,6,8-10H,3,5,7H2,1H3,(H,22,25). The first-order chi connectivity index (χ1) is 13.7. The molecule has 1 N–H and O–H groups in total. The molecule has 28 heavy (non-hydrogen) atoms. The number of nitrogens with zero attached hydrogens (tertiary/aromatic N) is 5. The van der Waals surface area contributed by atoms with Crippen LogP contribution < -0.4 is 5.56 Å². The van der Waals surface area contributed by atoms with E-state index in [-0.39, 0.29) is 11.1 Å². The monoisotopic (exact) mass is 380 g/mol. The normalized spacial score (nSPS) is 11.0. The summed E-state index contributed by atoms with van der Waals surface area (Å²) in [5.41, 5.74) is 1.29. The van der Waals surface area contributed by atoms with Crippen LogP contribution in [0.1, 0.15) is 22.7 Å². The molecule has 0 saturated heterocycles. The molecule has 0 radical (unpaired) electrons. The number of esters is 1. The number of hydrogen-bond acceptors (Lipinski definition) is 8. The fourth-order valence-corrected chi connectivity index (χ4v) is 2.86. The number of nitrogens with one attached hydrogen (secondary N) is 1. The minimum Gasteiger partial charge on any atom is -0.465 e. The highest BCUT2D eigenvalue weighted by atomic mass is 16.5. The van der Waals surface area contributed by atoms with Gasteiger partial charge < -0.3 is 13.8 Å². The summed E-state index contributed by atoms with van der Waals surface area (Å²) >= 11 is 0. The predicted molar refractivity (Wildman–Crippen MR) is 96.7 cm³/mol. The summed E-state index contributed by atoms with van der Waals surface area (Å²) in [6.45, 7) is 0.537. The summed E-state index contributed by atoms with van der Waals surface area (Å²) in [5, 5.41) is 10.2. The second-order valence-corrected chi connectivity index (χ2v) is 6.07. The Bertz CT molecular complexity index is 1130. The summed E-state index contributed by atoms with van der Waals surface area (Å²) in [7, 11) is 1.28. The van der Waals surface area contributed by atoms with Crippen molar-refractivity contribution in [2.75, 3.05) is 7.11 Å². The number of methoxy groups -OCH3 is 1. The van der Waals surface area contributed by atoms with Crippen molar-refractivity contribution in [1.82, 2.24) is 29.9 Å². The van der Waals surface area contributed by atoms with Gasteiger partial charge in [0.25, 0.3) is 5.56 Å². The maximum atomic E-state index is 12.0. The van der Waals surface area contributed by atoms with E-state index >= 15 is 0 Å². The molecule has 0 atom stereocenters. The van der Waals surface area contributed by atoms with Crippen LogP contribution in [0.5, 0.6) is 0 Å². The molecule has 0 saturated carbocycles. The van der Waals surface area contributed by atoms with E-state index in [0.29, 0.717) is 42.4 Å². The highest BCUT2D eigenvalue weighted by Gasteiger charge is 2.21. The number of ether oxygens (including phenoxy) is 1. The SMILES string of the molecule is COC(=O)c1cn(CCCc2nc(-c3cccnc3)no2)cc2c(=O)[nH]nc1-2. The fraction of sp³-hybridized carbons (Fsp3) is 0.222. The zero-order valence-electron chi connectivity index (χ0n) is 15.0. The van der Waals surface area contributed by atoms with Gasteiger partial charge in [0.15, 0.2) is 0 Å². The molecule has 2 aliphatic heterocycles. The summed E-state index contributed by atoms with van der Waals surface area (Å²) in [5.74, 6) is 0.435. The number of rotatable bonds is 6. The van der Waals surface area contributed by atoms with Crippen molar-refractivity contribution >= 4 is 5.97 Å².